The van der Waals surface area contributed by atoms with Crippen LogP contribution < -0.4 is 0 Å². The van der Waals surface area contributed by atoms with Crippen molar-refractivity contribution in [1.82, 2.24) is 0 Å². The molecule has 3 rings (SSSR count). The van der Waals surface area contributed by atoms with Crippen molar-refractivity contribution in [2.24, 2.45) is 23.7 Å². The molecule has 0 radical (unpaired) electrons. The van der Waals surface area contributed by atoms with Crippen LogP contribution in [-0.4, -0.2) is 5.78 Å². The van der Waals surface area contributed by atoms with Crippen molar-refractivity contribution >= 4 is 5.78 Å². The molecule has 3 aliphatic carbocycles. The van der Waals surface area contributed by atoms with E-state index in [-0.39, 0.29) is 0 Å². The Balaban J connectivity index is 1.60. The minimum Gasteiger partial charge on any atom is -0.299 e. The Morgan fingerprint density at radius 1 is 0.786 bits per heavy atom. The van der Waals surface area contributed by atoms with Gasteiger partial charge in [0.1, 0.15) is 5.78 Å². The summed E-state index contributed by atoms with van der Waals surface area (Å²) in [6.45, 7) is 0. The van der Waals surface area contributed by atoms with E-state index in [1.54, 1.807) is 0 Å². The number of ketones is 1. The van der Waals surface area contributed by atoms with Gasteiger partial charge in [-0.05, 0) is 37.5 Å². The molecule has 3 fully saturated rings. The number of rotatable bonds is 2. The lowest BCUT2D eigenvalue weighted by molar-refractivity contribution is -0.125. The Bertz CT molecular complexity index is 226. The highest BCUT2D eigenvalue weighted by Crippen LogP contribution is 2.59. The molecule has 0 N–H and O–H groups in total. The molecule has 0 heterocycles. The smallest absolute Gasteiger partial charge is 0.139 e. The van der Waals surface area contributed by atoms with Crippen molar-refractivity contribution < 1.29 is 4.79 Å². The molecule has 0 spiro atoms. The highest BCUT2D eigenvalue weighted by atomic mass is 16.1. The summed E-state index contributed by atoms with van der Waals surface area (Å²) in [6.07, 6.45) is 10.5. The molecule has 3 aliphatic rings. The van der Waals surface area contributed by atoms with E-state index < -0.39 is 0 Å². The minimum absolute atomic E-state index is 0.472. The molecule has 1 nitrogen and oxygen atoms in total. The summed E-state index contributed by atoms with van der Waals surface area (Å²) >= 11 is 0. The Labute approximate surface area is 86.3 Å². The molecular formula is C13H20O. The fraction of sp³-hybridized carbons (Fsp3) is 0.923. The zero-order chi connectivity index (χ0) is 9.54. The van der Waals surface area contributed by atoms with Gasteiger partial charge in [0.05, 0.1) is 0 Å². The Hall–Kier alpha value is -0.330. The third-order valence-corrected chi connectivity index (χ3v) is 4.74. The van der Waals surface area contributed by atoms with Crippen molar-refractivity contribution in [3.05, 3.63) is 0 Å². The van der Waals surface area contributed by atoms with Gasteiger partial charge < -0.3 is 0 Å². The van der Waals surface area contributed by atoms with Crippen LogP contribution in [0.25, 0.3) is 0 Å². The summed E-state index contributed by atoms with van der Waals surface area (Å²) in [5.74, 6) is 3.35. The van der Waals surface area contributed by atoms with Gasteiger partial charge in [0.15, 0.2) is 0 Å². The number of carbonyl (C=O) groups excluding carboxylic acids is 1. The fourth-order valence-corrected chi connectivity index (χ4v) is 3.90. The van der Waals surface area contributed by atoms with E-state index in [9.17, 15) is 4.79 Å². The summed E-state index contributed by atoms with van der Waals surface area (Å²) in [5.41, 5.74) is 0. The maximum absolute atomic E-state index is 12.2. The van der Waals surface area contributed by atoms with E-state index in [1.807, 2.05) is 0 Å². The molecule has 0 aliphatic heterocycles. The number of hydrogen-bond acceptors (Lipinski definition) is 1. The summed E-state index contributed by atoms with van der Waals surface area (Å²) in [6, 6.07) is 0. The second kappa shape index (κ2) is 3.36. The van der Waals surface area contributed by atoms with Crippen LogP contribution in [0, 0.1) is 23.7 Å². The average molecular weight is 192 g/mol. The first kappa shape index (κ1) is 8.94. The molecule has 1 heteroatoms. The third kappa shape index (κ3) is 1.32. The van der Waals surface area contributed by atoms with Gasteiger partial charge in [-0.3, -0.25) is 4.79 Å². The van der Waals surface area contributed by atoms with Gasteiger partial charge in [0, 0.05) is 11.8 Å². The largest absolute Gasteiger partial charge is 0.299 e. The van der Waals surface area contributed by atoms with Gasteiger partial charge in [-0.1, -0.05) is 25.7 Å². The average Bonchev–Trinajstić information content (AvgIpc) is 2.72. The lowest BCUT2D eigenvalue weighted by Crippen LogP contribution is -2.21. The van der Waals surface area contributed by atoms with E-state index in [0.29, 0.717) is 17.6 Å². The Morgan fingerprint density at radius 3 is 2.07 bits per heavy atom. The van der Waals surface area contributed by atoms with E-state index in [0.717, 1.165) is 11.8 Å². The molecule has 0 bridgehead atoms. The van der Waals surface area contributed by atoms with Crippen LogP contribution in [0.15, 0.2) is 0 Å². The van der Waals surface area contributed by atoms with Crippen molar-refractivity contribution in [2.45, 2.75) is 51.4 Å². The molecule has 2 unspecified atom stereocenters. The van der Waals surface area contributed by atoms with E-state index in [1.165, 1.54) is 51.4 Å². The predicted molar refractivity (Wildman–Crippen MR) is 55.9 cm³/mol. The fourth-order valence-electron chi connectivity index (χ4n) is 3.90. The lowest BCUT2D eigenvalue weighted by atomic mass is 9.83. The second-order valence-corrected chi connectivity index (χ2v) is 5.52. The molecule has 3 saturated carbocycles. The second-order valence-electron chi connectivity index (χ2n) is 5.52. The van der Waals surface area contributed by atoms with Crippen LogP contribution in [0.4, 0.5) is 0 Å². The van der Waals surface area contributed by atoms with Gasteiger partial charge in [-0.2, -0.15) is 0 Å². The standard InChI is InChI=1S/C13H20O/c14-13(9-5-2-1-3-6-9)12-10-7-4-8-11(10)12/h9-12H,1-8H2. The molecule has 0 aromatic heterocycles. The molecule has 0 aromatic rings. The molecule has 2 atom stereocenters. The van der Waals surface area contributed by atoms with Crippen LogP contribution in [0.2, 0.25) is 0 Å². The summed E-state index contributed by atoms with van der Waals surface area (Å²) in [5, 5.41) is 0. The molecule has 0 saturated heterocycles. The van der Waals surface area contributed by atoms with Crippen LogP contribution >= 0.6 is 0 Å². The van der Waals surface area contributed by atoms with Crippen molar-refractivity contribution in [3.8, 4) is 0 Å². The van der Waals surface area contributed by atoms with Gasteiger partial charge in [0.2, 0.25) is 0 Å². The Kier molecular flexibility index (Phi) is 2.14. The molecule has 78 valence electrons. The van der Waals surface area contributed by atoms with E-state index in [2.05, 4.69) is 0 Å². The normalized spacial score (nSPS) is 42.1. The van der Waals surface area contributed by atoms with Crippen LogP contribution in [0.1, 0.15) is 51.4 Å². The quantitative estimate of drug-likeness (QED) is 0.656. The van der Waals surface area contributed by atoms with Crippen LogP contribution in [-0.2, 0) is 4.79 Å². The van der Waals surface area contributed by atoms with Gasteiger partial charge >= 0.3 is 0 Å². The first-order valence-electron chi connectivity index (χ1n) is 6.41. The summed E-state index contributed by atoms with van der Waals surface area (Å²) < 4.78 is 0. The highest BCUT2D eigenvalue weighted by molar-refractivity contribution is 5.86. The third-order valence-electron chi connectivity index (χ3n) is 4.74. The number of hydrogen-bond donors (Lipinski definition) is 0. The zero-order valence-electron chi connectivity index (χ0n) is 8.87. The van der Waals surface area contributed by atoms with Crippen LogP contribution in [0.5, 0.6) is 0 Å². The van der Waals surface area contributed by atoms with Gasteiger partial charge in [0.25, 0.3) is 0 Å². The summed E-state index contributed by atoms with van der Waals surface area (Å²) in [7, 11) is 0. The molecule has 14 heavy (non-hydrogen) atoms. The van der Waals surface area contributed by atoms with Crippen molar-refractivity contribution in [3.63, 3.8) is 0 Å². The first-order chi connectivity index (χ1) is 6.88. The number of Topliss-reactive ketones (excluding diaryl/α,β-unsaturated/α-hetero) is 1. The van der Waals surface area contributed by atoms with Gasteiger partial charge in [-0.15, -0.1) is 0 Å². The topological polar surface area (TPSA) is 17.1 Å². The van der Waals surface area contributed by atoms with Crippen LogP contribution in [0.3, 0.4) is 0 Å². The predicted octanol–water partition coefficient (Wildman–Crippen LogP) is 3.18. The SMILES string of the molecule is O=C(C1CCCCC1)C1C2CCCC21. The molecular weight excluding hydrogens is 172 g/mol. The number of carbonyl (C=O) groups is 1. The maximum Gasteiger partial charge on any atom is 0.139 e. The monoisotopic (exact) mass is 192 g/mol. The highest BCUT2D eigenvalue weighted by Gasteiger charge is 2.57. The van der Waals surface area contributed by atoms with Crippen molar-refractivity contribution in [2.75, 3.05) is 0 Å². The Morgan fingerprint density at radius 2 is 1.43 bits per heavy atom. The molecule has 0 amide bonds. The van der Waals surface area contributed by atoms with E-state index in [4.69, 9.17) is 0 Å². The first-order valence-corrected chi connectivity index (χ1v) is 6.41. The minimum atomic E-state index is 0.472. The van der Waals surface area contributed by atoms with E-state index >= 15 is 0 Å². The maximum atomic E-state index is 12.2. The summed E-state index contributed by atoms with van der Waals surface area (Å²) in [4.78, 5) is 12.2. The molecule has 0 aromatic carbocycles. The van der Waals surface area contributed by atoms with Gasteiger partial charge in [-0.25, -0.2) is 0 Å². The lowest BCUT2D eigenvalue weighted by Gasteiger charge is -2.20. The van der Waals surface area contributed by atoms with Crippen molar-refractivity contribution in [1.29, 1.82) is 0 Å². The number of fused-ring (bicyclic) bond motifs is 1. The zero-order valence-corrected chi connectivity index (χ0v) is 8.87.